The summed E-state index contributed by atoms with van der Waals surface area (Å²) in [7, 11) is 0. The maximum atomic E-state index is 12.5. The minimum absolute atomic E-state index is 0.0709. The van der Waals surface area contributed by atoms with Crippen LogP contribution in [0.25, 0.3) is 0 Å². The van der Waals surface area contributed by atoms with Crippen LogP contribution in [0.4, 0.5) is 0 Å². The van der Waals surface area contributed by atoms with Crippen LogP contribution in [0.1, 0.15) is 19.8 Å². The minimum atomic E-state index is -0.476. The van der Waals surface area contributed by atoms with Gasteiger partial charge in [-0.3, -0.25) is 9.69 Å². The molecule has 2 fully saturated rings. The maximum absolute atomic E-state index is 12.5. The van der Waals surface area contributed by atoms with E-state index < -0.39 is 6.10 Å². The molecule has 0 radical (unpaired) electrons. The van der Waals surface area contributed by atoms with E-state index in [1.54, 1.807) is 12.1 Å². The Labute approximate surface area is 130 Å². The average molecular weight is 309 g/mol. The van der Waals surface area contributed by atoms with Crippen molar-refractivity contribution in [2.75, 3.05) is 26.2 Å². The molecule has 1 aromatic carbocycles. The third kappa shape index (κ3) is 3.33. The zero-order valence-corrected chi connectivity index (χ0v) is 13.1. The summed E-state index contributed by atoms with van der Waals surface area (Å²) in [5.41, 5.74) is 0. The van der Waals surface area contributed by atoms with Gasteiger partial charge in [0.1, 0.15) is 5.75 Å². The number of amides is 1. The molecule has 1 aromatic rings. The number of nitrogens with zero attached hydrogens (tertiary/aromatic N) is 2. The number of rotatable bonds is 3. The molecule has 4 nitrogen and oxygen atoms in total. The number of piperazine rings is 1. The van der Waals surface area contributed by atoms with Crippen LogP contribution in [0.3, 0.4) is 0 Å². The minimum Gasteiger partial charge on any atom is -0.481 e. The van der Waals surface area contributed by atoms with Crippen LogP contribution in [-0.2, 0) is 4.79 Å². The summed E-state index contributed by atoms with van der Waals surface area (Å²) in [5, 5.41) is 0.617. The summed E-state index contributed by atoms with van der Waals surface area (Å²) in [6.07, 6.45) is 1.98. The second-order valence-corrected chi connectivity index (χ2v) is 6.27. The lowest BCUT2D eigenvalue weighted by molar-refractivity contribution is -0.140. The van der Waals surface area contributed by atoms with Crippen LogP contribution in [0.5, 0.6) is 5.75 Å². The zero-order valence-electron chi connectivity index (χ0n) is 12.3. The molecule has 0 N–H and O–H groups in total. The van der Waals surface area contributed by atoms with Crippen molar-refractivity contribution in [3.05, 3.63) is 29.3 Å². The van der Waals surface area contributed by atoms with E-state index in [-0.39, 0.29) is 5.91 Å². The van der Waals surface area contributed by atoms with Crippen molar-refractivity contribution in [3.63, 3.8) is 0 Å². The van der Waals surface area contributed by atoms with Gasteiger partial charge in [0.15, 0.2) is 6.10 Å². The van der Waals surface area contributed by atoms with Gasteiger partial charge in [0.25, 0.3) is 5.91 Å². The topological polar surface area (TPSA) is 32.8 Å². The highest BCUT2D eigenvalue weighted by atomic mass is 35.5. The quantitative estimate of drug-likeness (QED) is 0.859. The molecule has 0 aliphatic carbocycles. The number of carbonyl (C=O) groups excluding carboxylic acids is 1. The highest BCUT2D eigenvalue weighted by Crippen LogP contribution is 2.23. The molecule has 2 atom stereocenters. The monoisotopic (exact) mass is 308 g/mol. The normalized spacial score (nSPS) is 23.7. The third-order valence-corrected chi connectivity index (χ3v) is 4.59. The molecule has 114 valence electrons. The van der Waals surface area contributed by atoms with Crippen molar-refractivity contribution in [2.45, 2.75) is 31.9 Å². The molecule has 2 aliphatic heterocycles. The predicted molar refractivity (Wildman–Crippen MR) is 82.7 cm³/mol. The number of fused-ring (bicyclic) bond motifs is 1. The summed E-state index contributed by atoms with van der Waals surface area (Å²) in [6, 6.07) is 7.72. The van der Waals surface area contributed by atoms with E-state index in [0.717, 1.165) is 19.6 Å². The Kier molecular flexibility index (Phi) is 4.36. The van der Waals surface area contributed by atoms with Crippen molar-refractivity contribution in [2.24, 2.45) is 0 Å². The van der Waals surface area contributed by atoms with Crippen LogP contribution in [-0.4, -0.2) is 54.0 Å². The third-order valence-electron chi connectivity index (χ3n) is 4.36. The Morgan fingerprint density at radius 3 is 3.05 bits per heavy atom. The molecule has 21 heavy (non-hydrogen) atoms. The van der Waals surface area contributed by atoms with Crippen molar-refractivity contribution in [3.8, 4) is 5.75 Å². The van der Waals surface area contributed by atoms with Crippen LogP contribution in [0.15, 0.2) is 24.3 Å². The van der Waals surface area contributed by atoms with E-state index in [4.69, 9.17) is 16.3 Å². The van der Waals surface area contributed by atoms with Crippen LogP contribution in [0.2, 0.25) is 5.02 Å². The van der Waals surface area contributed by atoms with Crippen molar-refractivity contribution >= 4 is 17.5 Å². The Morgan fingerprint density at radius 1 is 1.38 bits per heavy atom. The summed E-state index contributed by atoms with van der Waals surface area (Å²) >= 11 is 5.94. The first-order valence-corrected chi connectivity index (χ1v) is 7.96. The van der Waals surface area contributed by atoms with E-state index in [1.807, 2.05) is 24.0 Å². The summed E-state index contributed by atoms with van der Waals surface area (Å²) in [6.45, 7) is 5.62. The van der Waals surface area contributed by atoms with E-state index in [9.17, 15) is 4.79 Å². The number of hydrogen-bond acceptors (Lipinski definition) is 3. The first-order chi connectivity index (χ1) is 10.1. The molecule has 2 aliphatic rings. The van der Waals surface area contributed by atoms with Crippen LogP contribution >= 0.6 is 11.6 Å². The molecule has 1 amide bonds. The number of ether oxygens (including phenoxy) is 1. The molecule has 0 bridgehead atoms. The molecule has 5 heteroatoms. The van der Waals surface area contributed by atoms with Crippen molar-refractivity contribution in [1.82, 2.24) is 9.80 Å². The van der Waals surface area contributed by atoms with Crippen LogP contribution < -0.4 is 4.74 Å². The van der Waals surface area contributed by atoms with Gasteiger partial charge in [-0.25, -0.2) is 0 Å². The fraction of sp³-hybridized carbons (Fsp3) is 0.562. The van der Waals surface area contributed by atoms with Gasteiger partial charge in [0, 0.05) is 30.7 Å². The second-order valence-electron chi connectivity index (χ2n) is 5.83. The Hall–Kier alpha value is -1.26. The van der Waals surface area contributed by atoms with Gasteiger partial charge in [0.2, 0.25) is 0 Å². The van der Waals surface area contributed by atoms with E-state index in [1.165, 1.54) is 19.4 Å². The average Bonchev–Trinajstić information content (AvgIpc) is 2.93. The summed E-state index contributed by atoms with van der Waals surface area (Å²) in [4.78, 5) is 17.0. The smallest absolute Gasteiger partial charge is 0.263 e. The molecule has 2 heterocycles. The lowest BCUT2D eigenvalue weighted by Crippen LogP contribution is -2.54. The predicted octanol–water partition coefficient (Wildman–Crippen LogP) is 2.41. The molecule has 0 spiro atoms. The second kappa shape index (κ2) is 6.24. The standard InChI is InChI=1S/C16H21ClN2O2/c1-12(21-15-6-2-4-13(17)10-15)16(20)19-9-8-18-7-3-5-14(18)11-19/h2,4,6,10,12,14H,3,5,7-9,11H2,1H3/t12-,14-/m1/s1. The van der Waals surface area contributed by atoms with E-state index >= 15 is 0 Å². The van der Waals surface area contributed by atoms with Crippen LogP contribution in [0, 0.1) is 0 Å². The van der Waals surface area contributed by atoms with Gasteiger partial charge in [-0.05, 0) is 44.5 Å². The lowest BCUT2D eigenvalue weighted by Gasteiger charge is -2.38. The maximum Gasteiger partial charge on any atom is 0.263 e. The number of halogens is 1. The molecular weight excluding hydrogens is 288 g/mol. The van der Waals surface area contributed by atoms with E-state index in [2.05, 4.69) is 4.90 Å². The van der Waals surface area contributed by atoms with Gasteiger partial charge < -0.3 is 9.64 Å². The summed E-state index contributed by atoms with van der Waals surface area (Å²) in [5.74, 6) is 0.712. The van der Waals surface area contributed by atoms with Gasteiger partial charge in [0.05, 0.1) is 0 Å². The lowest BCUT2D eigenvalue weighted by atomic mass is 10.1. The first-order valence-electron chi connectivity index (χ1n) is 7.58. The Balaban J connectivity index is 1.59. The molecular formula is C16H21ClN2O2. The van der Waals surface area contributed by atoms with Crippen molar-refractivity contribution < 1.29 is 9.53 Å². The largest absolute Gasteiger partial charge is 0.481 e. The number of carbonyl (C=O) groups is 1. The SMILES string of the molecule is C[C@@H](Oc1cccc(Cl)c1)C(=O)N1CCN2CCC[C@@H]2C1. The first kappa shape index (κ1) is 14.7. The highest BCUT2D eigenvalue weighted by Gasteiger charge is 2.34. The molecule has 0 saturated carbocycles. The number of hydrogen-bond donors (Lipinski definition) is 0. The van der Waals surface area contributed by atoms with Gasteiger partial charge in [-0.1, -0.05) is 17.7 Å². The van der Waals surface area contributed by atoms with Crippen molar-refractivity contribution in [1.29, 1.82) is 0 Å². The number of benzene rings is 1. The molecule has 0 aromatic heterocycles. The molecule has 3 rings (SSSR count). The highest BCUT2D eigenvalue weighted by molar-refractivity contribution is 6.30. The summed E-state index contributed by atoms with van der Waals surface area (Å²) < 4.78 is 5.73. The molecule has 2 saturated heterocycles. The molecule has 0 unspecified atom stereocenters. The van der Waals surface area contributed by atoms with Gasteiger partial charge in [-0.2, -0.15) is 0 Å². The van der Waals surface area contributed by atoms with E-state index in [0.29, 0.717) is 16.8 Å². The van der Waals surface area contributed by atoms with Gasteiger partial charge >= 0.3 is 0 Å². The van der Waals surface area contributed by atoms with Gasteiger partial charge in [-0.15, -0.1) is 0 Å². The fourth-order valence-electron chi connectivity index (χ4n) is 3.24. The fourth-order valence-corrected chi connectivity index (χ4v) is 3.42. The zero-order chi connectivity index (χ0) is 14.8. The Bertz CT molecular complexity index is 523. The Morgan fingerprint density at radius 2 is 2.24 bits per heavy atom.